The van der Waals surface area contributed by atoms with Crippen molar-refractivity contribution in [2.24, 2.45) is 0 Å². The van der Waals surface area contributed by atoms with Crippen molar-refractivity contribution in [2.75, 3.05) is 19.9 Å². The molecule has 126 valence electrons. The lowest BCUT2D eigenvalue weighted by Gasteiger charge is -2.17. The van der Waals surface area contributed by atoms with Crippen LogP contribution in [0.1, 0.15) is 21.8 Å². The number of anilines is 1. The summed E-state index contributed by atoms with van der Waals surface area (Å²) in [5, 5.41) is 0.994. The van der Waals surface area contributed by atoms with E-state index in [9.17, 15) is 0 Å². The molecular weight excluding hydrogens is 320 g/mol. The van der Waals surface area contributed by atoms with Crippen LogP contribution >= 0.6 is 11.3 Å². The first kappa shape index (κ1) is 16.7. The Morgan fingerprint density at radius 2 is 1.92 bits per heavy atom. The number of nitrogens with zero attached hydrogens (tertiary/aromatic N) is 3. The fourth-order valence-corrected chi connectivity index (χ4v) is 3.87. The fourth-order valence-electron chi connectivity index (χ4n) is 2.82. The summed E-state index contributed by atoms with van der Waals surface area (Å²) in [5.74, 6) is 2.21. The highest BCUT2D eigenvalue weighted by Gasteiger charge is 2.14. The Morgan fingerprint density at radius 3 is 2.67 bits per heavy atom. The van der Waals surface area contributed by atoms with Gasteiger partial charge in [0.2, 0.25) is 0 Å². The largest absolute Gasteiger partial charge is 0.496 e. The molecule has 0 saturated heterocycles. The minimum atomic E-state index is 0.572. The van der Waals surface area contributed by atoms with Crippen molar-refractivity contribution in [3.8, 4) is 5.75 Å². The minimum absolute atomic E-state index is 0.572. The van der Waals surface area contributed by atoms with Gasteiger partial charge in [-0.25, -0.2) is 9.97 Å². The van der Waals surface area contributed by atoms with Crippen LogP contribution in [0.3, 0.4) is 0 Å². The lowest BCUT2D eigenvalue weighted by atomic mass is 10.2. The van der Waals surface area contributed by atoms with Crippen LogP contribution in [0.5, 0.6) is 5.75 Å². The highest BCUT2D eigenvalue weighted by molar-refractivity contribution is 7.18. The molecule has 24 heavy (non-hydrogen) atoms. The van der Waals surface area contributed by atoms with Crippen LogP contribution in [0.2, 0.25) is 0 Å². The third kappa shape index (κ3) is 3.20. The number of aromatic nitrogens is 2. The summed E-state index contributed by atoms with van der Waals surface area (Å²) in [6, 6.07) is 8.03. The van der Waals surface area contributed by atoms with Crippen LogP contribution in [0, 0.1) is 13.8 Å². The van der Waals surface area contributed by atoms with Gasteiger partial charge >= 0.3 is 0 Å². The van der Waals surface area contributed by atoms with E-state index in [1.54, 1.807) is 18.4 Å². The second-order valence-electron chi connectivity index (χ2n) is 5.97. The van der Waals surface area contributed by atoms with Gasteiger partial charge in [0.25, 0.3) is 0 Å². The predicted octanol–water partition coefficient (Wildman–Crippen LogP) is 3.53. The first-order valence-electron chi connectivity index (χ1n) is 7.82. The van der Waals surface area contributed by atoms with Gasteiger partial charge in [-0.1, -0.05) is 18.2 Å². The molecule has 1 aromatic carbocycles. The van der Waals surface area contributed by atoms with E-state index in [-0.39, 0.29) is 0 Å². The first-order valence-corrected chi connectivity index (χ1v) is 8.63. The van der Waals surface area contributed by atoms with Crippen LogP contribution in [0.25, 0.3) is 10.2 Å². The van der Waals surface area contributed by atoms with E-state index in [0.717, 1.165) is 33.9 Å². The Labute approximate surface area is 146 Å². The van der Waals surface area contributed by atoms with Gasteiger partial charge in [-0.15, -0.1) is 11.3 Å². The third-order valence-electron chi connectivity index (χ3n) is 4.15. The Bertz CT molecular complexity index is 875. The third-order valence-corrected chi connectivity index (χ3v) is 5.25. The molecule has 0 radical (unpaired) electrons. The minimum Gasteiger partial charge on any atom is -0.496 e. The zero-order chi connectivity index (χ0) is 17.3. The van der Waals surface area contributed by atoms with Gasteiger partial charge in [0.15, 0.2) is 0 Å². The SMILES string of the molecule is COc1ccccc1CN(C)Cc1nc(N)c2c(C)c(C)sc2n1. The van der Waals surface area contributed by atoms with Gasteiger partial charge in [-0.3, -0.25) is 4.90 Å². The number of methoxy groups -OCH3 is 1. The lowest BCUT2D eigenvalue weighted by molar-refractivity contribution is 0.303. The molecule has 0 aliphatic heterocycles. The number of nitrogens with two attached hydrogens (primary N) is 1. The average molecular weight is 342 g/mol. The Kier molecular flexibility index (Phi) is 4.69. The predicted molar refractivity (Wildman–Crippen MR) is 99.5 cm³/mol. The van der Waals surface area contributed by atoms with Crippen LogP contribution in [0.4, 0.5) is 5.82 Å². The van der Waals surface area contributed by atoms with Crippen molar-refractivity contribution in [3.63, 3.8) is 0 Å². The summed E-state index contributed by atoms with van der Waals surface area (Å²) in [5.41, 5.74) is 8.48. The number of fused-ring (bicyclic) bond motifs is 1. The Morgan fingerprint density at radius 1 is 1.17 bits per heavy atom. The van der Waals surface area contributed by atoms with Crippen LogP contribution < -0.4 is 10.5 Å². The number of aryl methyl sites for hydroxylation is 2. The lowest BCUT2D eigenvalue weighted by Crippen LogP contribution is -2.19. The van der Waals surface area contributed by atoms with E-state index >= 15 is 0 Å². The summed E-state index contributed by atoms with van der Waals surface area (Å²) in [4.78, 5) is 13.6. The maximum atomic E-state index is 6.16. The zero-order valence-corrected chi connectivity index (χ0v) is 15.3. The normalized spacial score (nSPS) is 11.4. The monoisotopic (exact) mass is 342 g/mol. The average Bonchev–Trinajstić information content (AvgIpc) is 2.82. The first-order chi connectivity index (χ1) is 11.5. The molecule has 3 rings (SSSR count). The number of benzene rings is 1. The molecule has 0 unspecified atom stereocenters. The molecule has 0 bridgehead atoms. The molecule has 6 heteroatoms. The number of thiophene rings is 1. The van der Waals surface area contributed by atoms with Crippen molar-refractivity contribution in [1.29, 1.82) is 0 Å². The van der Waals surface area contributed by atoms with Crippen molar-refractivity contribution >= 4 is 27.4 Å². The quantitative estimate of drug-likeness (QED) is 0.768. The van der Waals surface area contributed by atoms with E-state index in [2.05, 4.69) is 29.8 Å². The maximum absolute atomic E-state index is 6.16. The summed E-state index contributed by atoms with van der Waals surface area (Å²) >= 11 is 1.67. The number of rotatable bonds is 5. The molecule has 2 heterocycles. The smallest absolute Gasteiger partial charge is 0.146 e. The van der Waals surface area contributed by atoms with Crippen molar-refractivity contribution < 1.29 is 4.74 Å². The molecule has 0 aliphatic rings. The van der Waals surface area contributed by atoms with Crippen molar-refractivity contribution in [1.82, 2.24) is 14.9 Å². The molecule has 5 nitrogen and oxygen atoms in total. The van der Waals surface area contributed by atoms with E-state index in [0.29, 0.717) is 12.4 Å². The zero-order valence-electron chi connectivity index (χ0n) is 14.5. The van der Waals surface area contributed by atoms with Crippen LogP contribution in [0.15, 0.2) is 24.3 Å². The van der Waals surface area contributed by atoms with Crippen LogP contribution in [-0.4, -0.2) is 29.0 Å². The second kappa shape index (κ2) is 6.75. The molecule has 0 fully saturated rings. The fraction of sp³-hybridized carbons (Fsp3) is 0.333. The van der Waals surface area contributed by atoms with Gasteiger partial charge in [0.1, 0.15) is 22.2 Å². The van der Waals surface area contributed by atoms with Crippen molar-refractivity contribution in [3.05, 3.63) is 46.1 Å². The second-order valence-corrected chi connectivity index (χ2v) is 7.18. The Hall–Kier alpha value is -2.18. The highest BCUT2D eigenvalue weighted by Crippen LogP contribution is 2.32. The molecule has 0 aliphatic carbocycles. The van der Waals surface area contributed by atoms with Gasteiger partial charge in [-0.05, 0) is 32.5 Å². The number of ether oxygens (including phenoxy) is 1. The molecule has 0 atom stereocenters. The van der Waals surface area contributed by atoms with Gasteiger partial charge < -0.3 is 10.5 Å². The molecule has 0 amide bonds. The molecule has 0 saturated carbocycles. The molecule has 3 aromatic rings. The number of hydrogen-bond donors (Lipinski definition) is 1. The number of para-hydroxylation sites is 1. The topological polar surface area (TPSA) is 64.3 Å². The molecule has 0 spiro atoms. The van der Waals surface area contributed by atoms with E-state index in [1.807, 2.05) is 25.2 Å². The summed E-state index contributed by atoms with van der Waals surface area (Å²) in [7, 11) is 3.74. The summed E-state index contributed by atoms with van der Waals surface area (Å²) < 4.78 is 5.41. The van der Waals surface area contributed by atoms with E-state index < -0.39 is 0 Å². The Balaban J connectivity index is 1.81. The van der Waals surface area contributed by atoms with Gasteiger partial charge in [-0.2, -0.15) is 0 Å². The number of nitrogen functional groups attached to an aromatic ring is 1. The highest BCUT2D eigenvalue weighted by atomic mass is 32.1. The van der Waals surface area contributed by atoms with E-state index in [4.69, 9.17) is 15.5 Å². The van der Waals surface area contributed by atoms with Gasteiger partial charge in [0, 0.05) is 17.0 Å². The summed E-state index contributed by atoms with van der Waals surface area (Å²) in [6.45, 7) is 5.55. The molecule has 2 aromatic heterocycles. The number of hydrogen-bond acceptors (Lipinski definition) is 6. The van der Waals surface area contributed by atoms with Crippen LogP contribution in [-0.2, 0) is 13.1 Å². The van der Waals surface area contributed by atoms with Crippen molar-refractivity contribution in [2.45, 2.75) is 26.9 Å². The standard InChI is InChI=1S/C18H22N4OS/c1-11-12(2)24-18-16(11)17(19)20-15(21-18)10-22(3)9-13-7-5-6-8-14(13)23-4/h5-8H,9-10H2,1-4H3,(H2,19,20,21). The maximum Gasteiger partial charge on any atom is 0.146 e. The van der Waals surface area contributed by atoms with E-state index in [1.165, 1.54) is 10.4 Å². The van der Waals surface area contributed by atoms with Gasteiger partial charge in [0.05, 0.1) is 19.0 Å². The molecule has 2 N–H and O–H groups in total. The molecular formula is C18H22N4OS. The summed E-state index contributed by atoms with van der Waals surface area (Å²) in [6.07, 6.45) is 0.